The van der Waals surface area contributed by atoms with Crippen LogP contribution in [0, 0.1) is 12.8 Å². The number of piperidine rings is 1. The van der Waals surface area contributed by atoms with Gasteiger partial charge in [0.2, 0.25) is 0 Å². The molecule has 1 aliphatic rings. The molecule has 1 saturated heterocycles. The Morgan fingerprint density at radius 3 is 3.04 bits per heavy atom. The van der Waals surface area contributed by atoms with Gasteiger partial charge < -0.3 is 10.6 Å². The molecule has 0 radical (unpaired) electrons. The van der Waals surface area contributed by atoms with E-state index in [4.69, 9.17) is 0 Å². The summed E-state index contributed by atoms with van der Waals surface area (Å²) in [6.07, 6.45) is 2.73. The molecular weight excluding hydrogens is 356 g/mol. The molecule has 23 heavy (non-hydrogen) atoms. The predicted molar refractivity (Wildman–Crippen MR) is 93.9 cm³/mol. The molecule has 122 valence electrons. The van der Waals surface area contributed by atoms with Gasteiger partial charge in [-0.1, -0.05) is 28.9 Å². The van der Waals surface area contributed by atoms with Crippen molar-refractivity contribution in [3.63, 3.8) is 0 Å². The summed E-state index contributed by atoms with van der Waals surface area (Å²) in [5.41, 5.74) is 2.41. The molecule has 2 atom stereocenters. The fraction of sp³-hybridized carbons (Fsp3) is 0.412. The first-order valence-electron chi connectivity index (χ1n) is 7.88. The number of nitrogens with one attached hydrogen (secondary N) is 2. The Balaban J connectivity index is 1.80. The van der Waals surface area contributed by atoms with Crippen LogP contribution >= 0.6 is 15.9 Å². The quantitative estimate of drug-likeness (QED) is 0.865. The van der Waals surface area contributed by atoms with Gasteiger partial charge in [0, 0.05) is 17.1 Å². The summed E-state index contributed by atoms with van der Waals surface area (Å²) >= 11 is 3.46. The highest BCUT2D eigenvalue weighted by atomic mass is 79.9. The lowest BCUT2D eigenvalue weighted by molar-refractivity contribution is 0.0914. The number of amides is 1. The predicted octanol–water partition coefficient (Wildman–Crippen LogP) is 2.67. The van der Waals surface area contributed by atoms with Crippen LogP contribution in [0.1, 0.15) is 29.4 Å². The number of carbonyl (C=O) groups is 1. The van der Waals surface area contributed by atoms with Crippen molar-refractivity contribution in [2.45, 2.75) is 26.3 Å². The van der Waals surface area contributed by atoms with Gasteiger partial charge in [0.15, 0.2) is 0 Å². The van der Waals surface area contributed by atoms with E-state index in [1.54, 1.807) is 10.9 Å². The van der Waals surface area contributed by atoms with E-state index in [0.717, 1.165) is 35.4 Å². The SMILES string of the molecule is Cc1c(C(=O)NC2CNCCC2C)cnn1-c1cccc(Br)c1. The van der Waals surface area contributed by atoms with Crippen LogP contribution in [0.5, 0.6) is 0 Å². The summed E-state index contributed by atoms with van der Waals surface area (Å²) in [4.78, 5) is 12.6. The molecule has 2 N–H and O–H groups in total. The molecule has 1 amide bonds. The molecule has 2 aromatic rings. The maximum absolute atomic E-state index is 12.6. The van der Waals surface area contributed by atoms with Gasteiger partial charge in [-0.3, -0.25) is 4.79 Å². The van der Waals surface area contributed by atoms with Crippen LogP contribution in [-0.2, 0) is 0 Å². The Kier molecular flexibility index (Phi) is 4.82. The van der Waals surface area contributed by atoms with Gasteiger partial charge in [-0.05, 0) is 44.0 Å². The van der Waals surface area contributed by atoms with E-state index >= 15 is 0 Å². The molecule has 0 saturated carbocycles. The Morgan fingerprint density at radius 2 is 2.30 bits per heavy atom. The van der Waals surface area contributed by atoms with Crippen LogP contribution in [0.25, 0.3) is 5.69 Å². The molecule has 0 bridgehead atoms. The van der Waals surface area contributed by atoms with Crippen molar-refractivity contribution in [3.8, 4) is 5.69 Å². The third-order valence-corrected chi connectivity index (χ3v) is 4.94. The van der Waals surface area contributed by atoms with Gasteiger partial charge in [-0.15, -0.1) is 0 Å². The minimum atomic E-state index is -0.0516. The summed E-state index contributed by atoms with van der Waals surface area (Å²) in [5.74, 6) is 0.435. The lowest BCUT2D eigenvalue weighted by Gasteiger charge is -2.30. The maximum atomic E-state index is 12.6. The van der Waals surface area contributed by atoms with Crippen LogP contribution in [0.3, 0.4) is 0 Å². The second kappa shape index (κ2) is 6.84. The third-order valence-electron chi connectivity index (χ3n) is 4.45. The Morgan fingerprint density at radius 1 is 1.48 bits per heavy atom. The second-order valence-electron chi connectivity index (χ2n) is 6.09. The fourth-order valence-electron chi connectivity index (χ4n) is 2.93. The molecule has 2 unspecified atom stereocenters. The third kappa shape index (κ3) is 3.48. The van der Waals surface area contributed by atoms with Crippen molar-refractivity contribution in [2.75, 3.05) is 13.1 Å². The monoisotopic (exact) mass is 376 g/mol. The minimum absolute atomic E-state index is 0.0516. The smallest absolute Gasteiger partial charge is 0.255 e. The average molecular weight is 377 g/mol. The first-order valence-corrected chi connectivity index (χ1v) is 8.67. The molecule has 1 fully saturated rings. The Labute approximate surface area is 144 Å². The topological polar surface area (TPSA) is 59.0 Å². The van der Waals surface area contributed by atoms with Gasteiger partial charge in [-0.2, -0.15) is 5.10 Å². The van der Waals surface area contributed by atoms with Crippen LogP contribution in [-0.4, -0.2) is 34.8 Å². The molecule has 6 heteroatoms. The number of nitrogens with zero attached hydrogens (tertiary/aromatic N) is 2. The van der Waals surface area contributed by atoms with E-state index in [1.807, 2.05) is 31.2 Å². The minimum Gasteiger partial charge on any atom is -0.348 e. The zero-order valence-electron chi connectivity index (χ0n) is 13.3. The summed E-state index contributed by atoms with van der Waals surface area (Å²) in [5, 5.41) is 10.9. The zero-order chi connectivity index (χ0) is 16.4. The normalized spacial score (nSPS) is 21.2. The maximum Gasteiger partial charge on any atom is 0.255 e. The van der Waals surface area contributed by atoms with E-state index in [1.165, 1.54) is 0 Å². The molecule has 0 spiro atoms. The van der Waals surface area contributed by atoms with Crippen molar-refractivity contribution in [2.24, 2.45) is 5.92 Å². The van der Waals surface area contributed by atoms with Crippen LogP contribution in [0.2, 0.25) is 0 Å². The van der Waals surface area contributed by atoms with Gasteiger partial charge in [0.25, 0.3) is 5.91 Å². The number of halogens is 1. The van der Waals surface area contributed by atoms with E-state index < -0.39 is 0 Å². The molecular formula is C17H21BrN4O. The van der Waals surface area contributed by atoms with Crippen molar-refractivity contribution < 1.29 is 4.79 Å². The standard InChI is InChI=1S/C17H21BrN4O/c1-11-6-7-19-10-16(11)21-17(23)15-9-20-22(12(15)2)14-5-3-4-13(18)8-14/h3-5,8-9,11,16,19H,6-7,10H2,1-2H3,(H,21,23). The molecule has 3 rings (SSSR count). The summed E-state index contributed by atoms with van der Waals surface area (Å²) in [6, 6.07) is 8.04. The first kappa shape index (κ1) is 16.2. The first-order chi connectivity index (χ1) is 11.1. The van der Waals surface area contributed by atoms with Gasteiger partial charge in [0.1, 0.15) is 0 Å². The van der Waals surface area contributed by atoms with Crippen LogP contribution in [0.4, 0.5) is 0 Å². The Hall–Kier alpha value is -1.66. The van der Waals surface area contributed by atoms with Gasteiger partial charge >= 0.3 is 0 Å². The average Bonchev–Trinajstić information content (AvgIpc) is 2.91. The van der Waals surface area contributed by atoms with Crippen molar-refractivity contribution >= 4 is 21.8 Å². The molecule has 1 aromatic heterocycles. The van der Waals surface area contributed by atoms with Crippen LogP contribution in [0.15, 0.2) is 34.9 Å². The lowest BCUT2D eigenvalue weighted by Crippen LogP contribution is -2.50. The van der Waals surface area contributed by atoms with Gasteiger partial charge in [0.05, 0.1) is 23.1 Å². The number of hydrogen-bond acceptors (Lipinski definition) is 3. The zero-order valence-corrected chi connectivity index (χ0v) is 14.9. The Bertz CT molecular complexity index is 712. The summed E-state index contributed by atoms with van der Waals surface area (Å²) in [6.45, 7) is 5.95. The fourth-order valence-corrected chi connectivity index (χ4v) is 3.32. The summed E-state index contributed by atoms with van der Waals surface area (Å²) < 4.78 is 2.78. The van der Waals surface area contributed by atoms with Crippen LogP contribution < -0.4 is 10.6 Å². The molecule has 1 aliphatic heterocycles. The van der Waals surface area contributed by atoms with Crippen molar-refractivity contribution in [3.05, 3.63) is 46.2 Å². The number of rotatable bonds is 3. The summed E-state index contributed by atoms with van der Waals surface area (Å²) in [7, 11) is 0. The molecule has 1 aromatic carbocycles. The number of carbonyl (C=O) groups excluding carboxylic acids is 1. The molecule has 0 aliphatic carbocycles. The van der Waals surface area contributed by atoms with Gasteiger partial charge in [-0.25, -0.2) is 4.68 Å². The van der Waals surface area contributed by atoms with E-state index in [-0.39, 0.29) is 11.9 Å². The molecule has 5 nitrogen and oxygen atoms in total. The lowest BCUT2D eigenvalue weighted by atomic mass is 9.94. The second-order valence-corrected chi connectivity index (χ2v) is 7.00. The molecule has 2 heterocycles. The highest BCUT2D eigenvalue weighted by Crippen LogP contribution is 2.19. The van der Waals surface area contributed by atoms with E-state index in [0.29, 0.717) is 11.5 Å². The largest absolute Gasteiger partial charge is 0.348 e. The van der Waals surface area contributed by atoms with E-state index in [9.17, 15) is 4.79 Å². The van der Waals surface area contributed by atoms with Crippen molar-refractivity contribution in [1.29, 1.82) is 0 Å². The number of hydrogen-bond donors (Lipinski definition) is 2. The number of benzene rings is 1. The highest BCUT2D eigenvalue weighted by Gasteiger charge is 2.24. The number of aromatic nitrogens is 2. The van der Waals surface area contributed by atoms with E-state index in [2.05, 4.69) is 38.6 Å². The van der Waals surface area contributed by atoms with Crippen molar-refractivity contribution in [1.82, 2.24) is 20.4 Å². The highest BCUT2D eigenvalue weighted by molar-refractivity contribution is 9.10.